The molecule has 1 amide bonds. The quantitative estimate of drug-likeness (QED) is 0.805. The summed E-state index contributed by atoms with van der Waals surface area (Å²) in [5, 5.41) is 9.21. The molecule has 2 N–H and O–H groups in total. The Hall–Kier alpha value is -1.39. The van der Waals surface area contributed by atoms with Gasteiger partial charge in [0, 0.05) is 5.69 Å². The molecule has 1 fully saturated rings. The topological polar surface area (TPSA) is 57.8 Å². The van der Waals surface area contributed by atoms with E-state index in [0.717, 1.165) is 19.3 Å². The van der Waals surface area contributed by atoms with Crippen LogP contribution in [-0.2, 0) is 0 Å². The van der Waals surface area contributed by atoms with E-state index in [4.69, 9.17) is 0 Å². The maximum atomic E-state index is 13.5. The number of hydrogen-bond donors (Lipinski definition) is 2. The van der Waals surface area contributed by atoms with Gasteiger partial charge in [0.05, 0.1) is 17.8 Å². The summed E-state index contributed by atoms with van der Waals surface area (Å²) in [6.45, 7) is 1.77. The summed E-state index contributed by atoms with van der Waals surface area (Å²) in [4.78, 5) is 11.8. The van der Waals surface area contributed by atoms with Gasteiger partial charge in [0.15, 0.2) is 0 Å². The molecular formula is C11H16FN3O. The van der Waals surface area contributed by atoms with E-state index in [-0.39, 0.29) is 11.9 Å². The first-order chi connectivity index (χ1) is 7.68. The highest BCUT2D eigenvalue weighted by Crippen LogP contribution is 2.21. The van der Waals surface area contributed by atoms with Crippen LogP contribution in [0.2, 0.25) is 0 Å². The summed E-state index contributed by atoms with van der Waals surface area (Å²) in [7, 11) is 0. The molecule has 1 aliphatic rings. The van der Waals surface area contributed by atoms with Gasteiger partial charge in [-0.1, -0.05) is 12.8 Å². The van der Waals surface area contributed by atoms with Crippen molar-refractivity contribution in [3.8, 4) is 0 Å². The van der Waals surface area contributed by atoms with Gasteiger partial charge in [-0.2, -0.15) is 5.10 Å². The molecule has 88 valence electrons. The first-order valence-corrected chi connectivity index (χ1v) is 5.63. The average Bonchev–Trinajstić information content (AvgIpc) is 2.68. The number of aromatic amines is 1. The van der Waals surface area contributed by atoms with E-state index < -0.39 is 6.17 Å². The summed E-state index contributed by atoms with van der Waals surface area (Å²) in [6.07, 6.45) is 3.73. The number of aryl methyl sites for hydroxylation is 1. The molecule has 0 radical (unpaired) electrons. The zero-order chi connectivity index (χ0) is 11.5. The van der Waals surface area contributed by atoms with Crippen LogP contribution >= 0.6 is 0 Å². The molecule has 5 heteroatoms. The highest BCUT2D eigenvalue weighted by Gasteiger charge is 2.26. The third kappa shape index (κ3) is 2.23. The maximum Gasteiger partial charge on any atom is 0.255 e. The standard InChI is InChI=1S/C11H16FN3O/c1-7-8(6-13-15-7)11(16)14-10-5-3-2-4-9(10)12/h6,9-10H,2-5H2,1H3,(H,13,15)(H,14,16)/t9-,10-/m1/s1. The van der Waals surface area contributed by atoms with Crippen molar-refractivity contribution in [2.75, 3.05) is 0 Å². The summed E-state index contributed by atoms with van der Waals surface area (Å²) in [5.41, 5.74) is 1.21. The zero-order valence-electron chi connectivity index (χ0n) is 9.29. The number of amides is 1. The number of nitrogens with zero attached hydrogens (tertiary/aromatic N) is 1. The van der Waals surface area contributed by atoms with Gasteiger partial charge >= 0.3 is 0 Å². The highest BCUT2D eigenvalue weighted by atomic mass is 19.1. The molecule has 4 nitrogen and oxygen atoms in total. The molecular weight excluding hydrogens is 209 g/mol. The molecule has 1 saturated carbocycles. The molecule has 0 aliphatic heterocycles. The van der Waals surface area contributed by atoms with E-state index in [0.29, 0.717) is 17.7 Å². The van der Waals surface area contributed by atoms with Crippen LogP contribution in [0.1, 0.15) is 41.7 Å². The van der Waals surface area contributed by atoms with E-state index in [1.807, 2.05) is 0 Å². The monoisotopic (exact) mass is 225 g/mol. The van der Waals surface area contributed by atoms with E-state index >= 15 is 0 Å². The Bertz CT molecular complexity index is 377. The minimum absolute atomic E-state index is 0.235. The number of rotatable bonds is 2. The van der Waals surface area contributed by atoms with Crippen LogP contribution in [-0.4, -0.2) is 28.3 Å². The van der Waals surface area contributed by atoms with Crippen molar-refractivity contribution < 1.29 is 9.18 Å². The Balaban J connectivity index is 1.99. The van der Waals surface area contributed by atoms with Gasteiger partial charge in [-0.3, -0.25) is 9.89 Å². The smallest absolute Gasteiger partial charge is 0.255 e. The lowest BCUT2D eigenvalue weighted by Crippen LogP contribution is -2.43. The Kier molecular flexibility index (Phi) is 3.22. The normalized spacial score (nSPS) is 25.4. The van der Waals surface area contributed by atoms with Gasteiger partial charge in [-0.25, -0.2) is 4.39 Å². The third-order valence-electron chi connectivity index (χ3n) is 3.07. The molecule has 0 spiro atoms. The fourth-order valence-electron chi connectivity index (χ4n) is 2.07. The molecule has 1 heterocycles. The van der Waals surface area contributed by atoms with Crippen molar-refractivity contribution >= 4 is 5.91 Å². The molecule has 16 heavy (non-hydrogen) atoms. The second-order valence-electron chi connectivity index (χ2n) is 4.29. The molecule has 0 aromatic carbocycles. The number of carbonyl (C=O) groups excluding carboxylic acids is 1. The van der Waals surface area contributed by atoms with Crippen LogP contribution in [0.5, 0.6) is 0 Å². The minimum atomic E-state index is -0.912. The van der Waals surface area contributed by atoms with Gasteiger partial charge in [0.2, 0.25) is 0 Å². The highest BCUT2D eigenvalue weighted by molar-refractivity contribution is 5.95. The van der Waals surface area contributed by atoms with Crippen molar-refractivity contribution in [3.63, 3.8) is 0 Å². The first kappa shape index (κ1) is 11.1. The molecule has 1 aromatic heterocycles. The van der Waals surface area contributed by atoms with Gasteiger partial charge in [0.25, 0.3) is 5.91 Å². The van der Waals surface area contributed by atoms with Crippen molar-refractivity contribution in [3.05, 3.63) is 17.5 Å². The van der Waals surface area contributed by atoms with Gasteiger partial charge in [-0.05, 0) is 19.8 Å². The molecule has 0 saturated heterocycles. The van der Waals surface area contributed by atoms with E-state index in [2.05, 4.69) is 15.5 Å². The average molecular weight is 225 g/mol. The number of nitrogens with one attached hydrogen (secondary N) is 2. The van der Waals surface area contributed by atoms with E-state index in [1.54, 1.807) is 6.92 Å². The Morgan fingerprint density at radius 2 is 2.31 bits per heavy atom. The Morgan fingerprint density at radius 1 is 1.56 bits per heavy atom. The van der Waals surface area contributed by atoms with Crippen molar-refractivity contribution in [1.29, 1.82) is 0 Å². The van der Waals surface area contributed by atoms with Crippen LogP contribution in [0.4, 0.5) is 4.39 Å². The predicted octanol–water partition coefficient (Wildman–Crippen LogP) is 1.73. The van der Waals surface area contributed by atoms with Crippen LogP contribution in [0.3, 0.4) is 0 Å². The zero-order valence-corrected chi connectivity index (χ0v) is 9.29. The first-order valence-electron chi connectivity index (χ1n) is 5.63. The summed E-state index contributed by atoms with van der Waals surface area (Å²) >= 11 is 0. The van der Waals surface area contributed by atoms with Gasteiger partial charge in [0.1, 0.15) is 6.17 Å². The van der Waals surface area contributed by atoms with Gasteiger partial charge in [-0.15, -0.1) is 0 Å². The third-order valence-corrected chi connectivity index (χ3v) is 3.07. The minimum Gasteiger partial charge on any atom is -0.346 e. The van der Waals surface area contributed by atoms with Gasteiger partial charge < -0.3 is 5.32 Å². The summed E-state index contributed by atoms with van der Waals surface area (Å²) < 4.78 is 13.5. The number of alkyl halides is 1. The number of halogens is 1. The van der Waals surface area contributed by atoms with E-state index in [1.165, 1.54) is 6.20 Å². The predicted molar refractivity (Wildman–Crippen MR) is 57.9 cm³/mol. The van der Waals surface area contributed by atoms with Crippen LogP contribution in [0.25, 0.3) is 0 Å². The summed E-state index contributed by atoms with van der Waals surface area (Å²) in [5.74, 6) is -0.235. The molecule has 0 unspecified atom stereocenters. The maximum absolute atomic E-state index is 13.5. The second kappa shape index (κ2) is 4.63. The number of H-pyrrole nitrogens is 1. The Labute approximate surface area is 93.6 Å². The van der Waals surface area contributed by atoms with Crippen molar-refractivity contribution in [1.82, 2.24) is 15.5 Å². The number of aromatic nitrogens is 2. The molecule has 2 atom stereocenters. The number of carbonyl (C=O) groups is 1. The van der Waals surface area contributed by atoms with Crippen molar-refractivity contribution in [2.24, 2.45) is 0 Å². The fraction of sp³-hybridized carbons (Fsp3) is 0.636. The lowest BCUT2D eigenvalue weighted by molar-refractivity contribution is 0.0883. The Morgan fingerprint density at radius 3 is 2.94 bits per heavy atom. The van der Waals surface area contributed by atoms with Crippen LogP contribution in [0, 0.1) is 6.92 Å². The molecule has 1 aliphatic carbocycles. The lowest BCUT2D eigenvalue weighted by Gasteiger charge is -2.26. The van der Waals surface area contributed by atoms with E-state index in [9.17, 15) is 9.18 Å². The number of hydrogen-bond acceptors (Lipinski definition) is 2. The largest absolute Gasteiger partial charge is 0.346 e. The van der Waals surface area contributed by atoms with Crippen LogP contribution < -0.4 is 5.32 Å². The van der Waals surface area contributed by atoms with Crippen LogP contribution in [0.15, 0.2) is 6.20 Å². The molecule has 0 bridgehead atoms. The lowest BCUT2D eigenvalue weighted by atomic mass is 9.93. The van der Waals surface area contributed by atoms with Crippen molar-refractivity contribution in [2.45, 2.75) is 44.8 Å². The fourth-order valence-corrected chi connectivity index (χ4v) is 2.07. The summed E-state index contributed by atoms with van der Waals surface area (Å²) in [6, 6.07) is -0.337. The second-order valence-corrected chi connectivity index (χ2v) is 4.29. The SMILES string of the molecule is Cc1[nH]ncc1C(=O)N[C@@H]1CCCC[C@H]1F. The molecule has 1 aromatic rings. The molecule has 2 rings (SSSR count).